The molecule has 16 heavy (non-hydrogen) atoms. The van der Waals surface area contributed by atoms with Crippen LogP contribution in [0, 0.1) is 11.8 Å². The summed E-state index contributed by atoms with van der Waals surface area (Å²) in [5, 5.41) is 11.8. The van der Waals surface area contributed by atoms with Crippen molar-refractivity contribution >= 4 is 23.6 Å². The van der Waals surface area contributed by atoms with Crippen LogP contribution in [0.4, 0.5) is 0 Å². The van der Waals surface area contributed by atoms with Gasteiger partial charge in [0.1, 0.15) is 0 Å². The van der Waals surface area contributed by atoms with Crippen molar-refractivity contribution in [2.45, 2.75) is 25.7 Å². The minimum Gasteiger partial charge on any atom is -0.481 e. The van der Waals surface area contributed by atoms with Crippen LogP contribution >= 0.6 is 11.8 Å². The molecule has 1 fully saturated rings. The maximum absolute atomic E-state index is 11.7. The highest BCUT2D eigenvalue weighted by atomic mass is 32.2. The molecule has 1 amide bonds. The van der Waals surface area contributed by atoms with Crippen molar-refractivity contribution in [2.75, 3.05) is 18.6 Å². The fraction of sp³-hybridized carbons (Fsp3) is 0.818. The second-order valence-corrected chi connectivity index (χ2v) is 5.17. The second kappa shape index (κ2) is 6.78. The van der Waals surface area contributed by atoms with Crippen molar-refractivity contribution < 1.29 is 14.7 Å². The highest BCUT2D eigenvalue weighted by molar-refractivity contribution is 7.98. The SMILES string of the molecule is CSCCNC(=O)C1CCCC(C(=O)O)C1. The zero-order chi connectivity index (χ0) is 12.0. The molecule has 2 N–H and O–H groups in total. The van der Waals surface area contributed by atoms with Crippen LogP contribution in [0.5, 0.6) is 0 Å². The summed E-state index contributed by atoms with van der Waals surface area (Å²) in [6, 6.07) is 0. The maximum Gasteiger partial charge on any atom is 0.306 e. The van der Waals surface area contributed by atoms with Gasteiger partial charge in [0.2, 0.25) is 5.91 Å². The Morgan fingerprint density at radius 1 is 1.38 bits per heavy atom. The molecule has 0 aromatic rings. The van der Waals surface area contributed by atoms with E-state index in [1.54, 1.807) is 11.8 Å². The summed E-state index contributed by atoms with van der Waals surface area (Å²) in [5.41, 5.74) is 0. The average molecular weight is 245 g/mol. The Morgan fingerprint density at radius 2 is 2.06 bits per heavy atom. The average Bonchev–Trinajstić information content (AvgIpc) is 2.29. The molecule has 0 spiro atoms. The van der Waals surface area contributed by atoms with E-state index in [2.05, 4.69) is 5.32 Å². The molecule has 0 saturated heterocycles. The number of carboxylic acid groups (broad SMARTS) is 1. The van der Waals surface area contributed by atoms with Gasteiger partial charge in [0.05, 0.1) is 5.92 Å². The Labute approximate surface area is 100 Å². The molecular formula is C11H19NO3S. The van der Waals surface area contributed by atoms with Gasteiger partial charge in [0.15, 0.2) is 0 Å². The van der Waals surface area contributed by atoms with Crippen LogP contribution in [0.3, 0.4) is 0 Å². The standard InChI is InChI=1S/C11H19NO3S/c1-16-6-5-12-10(13)8-3-2-4-9(7-8)11(14)15/h8-9H,2-7H2,1H3,(H,12,13)(H,14,15). The lowest BCUT2D eigenvalue weighted by Crippen LogP contribution is -2.36. The topological polar surface area (TPSA) is 66.4 Å². The maximum atomic E-state index is 11.7. The van der Waals surface area contributed by atoms with E-state index in [-0.39, 0.29) is 17.7 Å². The molecular weight excluding hydrogens is 226 g/mol. The predicted molar refractivity (Wildman–Crippen MR) is 64.5 cm³/mol. The number of amides is 1. The first-order valence-electron chi connectivity index (χ1n) is 5.64. The fourth-order valence-corrected chi connectivity index (χ4v) is 2.38. The quantitative estimate of drug-likeness (QED) is 0.718. The number of carbonyl (C=O) groups is 2. The summed E-state index contributed by atoms with van der Waals surface area (Å²) >= 11 is 1.69. The predicted octanol–water partition coefficient (Wildman–Crippen LogP) is 1.36. The number of hydrogen-bond acceptors (Lipinski definition) is 3. The zero-order valence-electron chi connectivity index (χ0n) is 9.57. The van der Waals surface area contributed by atoms with Crippen LogP contribution < -0.4 is 5.32 Å². The minimum atomic E-state index is -0.762. The van der Waals surface area contributed by atoms with E-state index >= 15 is 0 Å². The number of hydrogen-bond donors (Lipinski definition) is 2. The number of thioether (sulfide) groups is 1. The molecule has 0 heterocycles. The van der Waals surface area contributed by atoms with Crippen LogP contribution in [-0.2, 0) is 9.59 Å². The first-order valence-corrected chi connectivity index (χ1v) is 7.04. The lowest BCUT2D eigenvalue weighted by atomic mass is 9.81. The zero-order valence-corrected chi connectivity index (χ0v) is 10.4. The normalized spacial score (nSPS) is 25.1. The first kappa shape index (κ1) is 13.4. The summed E-state index contributed by atoms with van der Waals surface area (Å²) in [5.74, 6) is -0.260. The lowest BCUT2D eigenvalue weighted by molar-refractivity contribution is -0.144. The van der Waals surface area contributed by atoms with Gasteiger partial charge in [-0.1, -0.05) is 6.42 Å². The first-order chi connectivity index (χ1) is 7.65. The largest absolute Gasteiger partial charge is 0.481 e. The number of carboxylic acids is 1. The van der Waals surface area contributed by atoms with Gasteiger partial charge >= 0.3 is 5.97 Å². The van der Waals surface area contributed by atoms with Crippen molar-refractivity contribution in [3.05, 3.63) is 0 Å². The monoisotopic (exact) mass is 245 g/mol. The number of aliphatic carboxylic acids is 1. The van der Waals surface area contributed by atoms with Gasteiger partial charge in [-0.15, -0.1) is 0 Å². The third-order valence-electron chi connectivity index (χ3n) is 3.00. The van der Waals surface area contributed by atoms with Gasteiger partial charge in [0.25, 0.3) is 0 Å². The van der Waals surface area contributed by atoms with Gasteiger partial charge in [-0.2, -0.15) is 11.8 Å². The third kappa shape index (κ3) is 4.04. The van der Waals surface area contributed by atoms with E-state index in [9.17, 15) is 9.59 Å². The van der Waals surface area contributed by atoms with Gasteiger partial charge in [-0.05, 0) is 25.5 Å². The molecule has 0 bridgehead atoms. The molecule has 2 unspecified atom stereocenters. The summed E-state index contributed by atoms with van der Waals surface area (Å²) in [4.78, 5) is 22.6. The van der Waals surface area contributed by atoms with Crippen LogP contribution in [0.2, 0.25) is 0 Å². The summed E-state index contributed by atoms with van der Waals surface area (Å²) < 4.78 is 0. The van der Waals surface area contributed by atoms with Crippen molar-refractivity contribution in [1.29, 1.82) is 0 Å². The molecule has 5 heteroatoms. The van der Waals surface area contributed by atoms with Crippen LogP contribution in [0.1, 0.15) is 25.7 Å². The van der Waals surface area contributed by atoms with E-state index in [0.717, 1.165) is 18.6 Å². The molecule has 0 aliphatic heterocycles. The Balaban J connectivity index is 2.35. The van der Waals surface area contributed by atoms with Gasteiger partial charge in [0, 0.05) is 18.2 Å². The molecule has 1 saturated carbocycles. The Kier molecular flexibility index (Phi) is 5.66. The Hall–Kier alpha value is -0.710. The van der Waals surface area contributed by atoms with E-state index < -0.39 is 5.97 Å². The van der Waals surface area contributed by atoms with Crippen LogP contribution in [-0.4, -0.2) is 35.5 Å². The lowest BCUT2D eigenvalue weighted by Gasteiger charge is -2.25. The molecule has 1 rings (SSSR count). The smallest absolute Gasteiger partial charge is 0.306 e. The molecule has 2 atom stereocenters. The van der Waals surface area contributed by atoms with E-state index in [1.165, 1.54) is 0 Å². The van der Waals surface area contributed by atoms with Crippen LogP contribution in [0.15, 0.2) is 0 Å². The van der Waals surface area contributed by atoms with E-state index in [0.29, 0.717) is 19.4 Å². The molecule has 92 valence electrons. The molecule has 0 aromatic carbocycles. The Bertz CT molecular complexity index is 258. The minimum absolute atomic E-state index is 0.0278. The van der Waals surface area contributed by atoms with Crippen LogP contribution in [0.25, 0.3) is 0 Å². The second-order valence-electron chi connectivity index (χ2n) is 4.18. The number of rotatable bonds is 5. The van der Waals surface area contributed by atoms with E-state index in [4.69, 9.17) is 5.11 Å². The fourth-order valence-electron chi connectivity index (χ4n) is 2.07. The molecule has 4 nitrogen and oxygen atoms in total. The van der Waals surface area contributed by atoms with Gasteiger partial charge < -0.3 is 10.4 Å². The van der Waals surface area contributed by atoms with E-state index in [1.807, 2.05) is 6.26 Å². The molecule has 1 aliphatic carbocycles. The third-order valence-corrected chi connectivity index (χ3v) is 3.61. The van der Waals surface area contributed by atoms with Crippen molar-refractivity contribution in [3.63, 3.8) is 0 Å². The number of nitrogens with one attached hydrogen (secondary N) is 1. The van der Waals surface area contributed by atoms with Crippen molar-refractivity contribution in [2.24, 2.45) is 11.8 Å². The highest BCUT2D eigenvalue weighted by Crippen LogP contribution is 2.29. The summed E-state index contributed by atoms with van der Waals surface area (Å²) in [6.45, 7) is 0.675. The van der Waals surface area contributed by atoms with Gasteiger partial charge in [-0.25, -0.2) is 0 Å². The molecule has 0 radical (unpaired) electrons. The van der Waals surface area contributed by atoms with Gasteiger partial charge in [-0.3, -0.25) is 9.59 Å². The number of carbonyl (C=O) groups excluding carboxylic acids is 1. The summed E-state index contributed by atoms with van der Waals surface area (Å²) in [7, 11) is 0. The molecule has 0 aromatic heterocycles. The Morgan fingerprint density at radius 3 is 2.69 bits per heavy atom. The van der Waals surface area contributed by atoms with Crippen molar-refractivity contribution in [1.82, 2.24) is 5.32 Å². The molecule has 1 aliphatic rings. The van der Waals surface area contributed by atoms with Crippen molar-refractivity contribution in [3.8, 4) is 0 Å². The highest BCUT2D eigenvalue weighted by Gasteiger charge is 2.30. The summed E-state index contributed by atoms with van der Waals surface area (Å²) in [6.07, 6.45) is 4.88.